The Hall–Kier alpha value is -1.10. The second kappa shape index (κ2) is 4.53. The third-order valence-corrected chi connectivity index (χ3v) is 5.55. The van der Waals surface area contributed by atoms with Crippen molar-refractivity contribution in [3.05, 3.63) is 23.4 Å². The fourth-order valence-corrected chi connectivity index (χ4v) is 4.24. The van der Waals surface area contributed by atoms with Crippen molar-refractivity contribution in [2.45, 2.75) is 38.1 Å². The van der Waals surface area contributed by atoms with Gasteiger partial charge in [-0.3, -0.25) is 0 Å². The maximum Gasteiger partial charge on any atom is 0.150 e. The Balaban J connectivity index is 1.67. The van der Waals surface area contributed by atoms with E-state index in [9.17, 15) is 8.42 Å². The second-order valence-corrected chi connectivity index (χ2v) is 7.53. The summed E-state index contributed by atoms with van der Waals surface area (Å²) in [7, 11) is -2.78. The first-order valence-corrected chi connectivity index (χ1v) is 8.40. The van der Waals surface area contributed by atoms with Crippen LogP contribution in [0.1, 0.15) is 30.5 Å². The standard InChI is InChI=1S/C13H18N2O2S/c16-18(17)8-6-11(7-9-18)14-13-5-4-10-2-1-3-12(10)15-13/h4-5,11H,1-3,6-9H2,(H,14,15). The summed E-state index contributed by atoms with van der Waals surface area (Å²) >= 11 is 0. The van der Waals surface area contributed by atoms with Crippen molar-refractivity contribution in [1.29, 1.82) is 0 Å². The van der Waals surface area contributed by atoms with Gasteiger partial charge in [0.25, 0.3) is 0 Å². The van der Waals surface area contributed by atoms with Gasteiger partial charge in [-0.25, -0.2) is 13.4 Å². The lowest BCUT2D eigenvalue weighted by Crippen LogP contribution is -2.32. The molecule has 0 radical (unpaired) electrons. The van der Waals surface area contributed by atoms with Crippen molar-refractivity contribution in [2.24, 2.45) is 0 Å². The van der Waals surface area contributed by atoms with Crippen LogP contribution in [0, 0.1) is 0 Å². The van der Waals surface area contributed by atoms with Gasteiger partial charge < -0.3 is 5.32 Å². The van der Waals surface area contributed by atoms with E-state index in [1.54, 1.807) is 0 Å². The molecule has 2 heterocycles. The summed E-state index contributed by atoms with van der Waals surface area (Å²) in [5.41, 5.74) is 2.58. The molecule has 1 aliphatic carbocycles. The van der Waals surface area contributed by atoms with E-state index in [1.807, 2.05) is 6.07 Å². The fraction of sp³-hybridized carbons (Fsp3) is 0.615. The fourth-order valence-electron chi connectivity index (χ4n) is 2.74. The molecular formula is C13H18N2O2S. The Morgan fingerprint density at radius 2 is 1.94 bits per heavy atom. The monoisotopic (exact) mass is 266 g/mol. The van der Waals surface area contributed by atoms with Gasteiger partial charge in [-0.05, 0) is 43.7 Å². The Bertz CT molecular complexity index is 540. The zero-order valence-corrected chi connectivity index (χ0v) is 11.2. The van der Waals surface area contributed by atoms with Gasteiger partial charge in [0, 0.05) is 11.7 Å². The Morgan fingerprint density at radius 1 is 1.17 bits per heavy atom. The summed E-state index contributed by atoms with van der Waals surface area (Å²) in [5.74, 6) is 1.51. The Morgan fingerprint density at radius 3 is 2.72 bits per heavy atom. The van der Waals surface area contributed by atoms with Crippen molar-refractivity contribution in [1.82, 2.24) is 4.98 Å². The molecule has 0 bridgehead atoms. The number of aryl methyl sites for hydroxylation is 2. The Kier molecular flexibility index (Phi) is 3.01. The highest BCUT2D eigenvalue weighted by molar-refractivity contribution is 7.91. The highest BCUT2D eigenvalue weighted by Crippen LogP contribution is 2.23. The first-order chi connectivity index (χ1) is 8.62. The molecule has 5 heteroatoms. The SMILES string of the molecule is O=S1(=O)CCC(Nc2ccc3c(n2)CCC3)CC1. The van der Waals surface area contributed by atoms with E-state index < -0.39 is 9.84 Å². The second-order valence-electron chi connectivity index (χ2n) is 5.23. The molecule has 1 aromatic heterocycles. The van der Waals surface area contributed by atoms with E-state index in [0.717, 1.165) is 18.7 Å². The van der Waals surface area contributed by atoms with Crippen molar-refractivity contribution < 1.29 is 8.42 Å². The lowest BCUT2D eigenvalue weighted by atomic mass is 10.1. The molecule has 0 unspecified atom stereocenters. The number of anilines is 1. The molecule has 1 N–H and O–H groups in total. The molecule has 1 aromatic rings. The largest absolute Gasteiger partial charge is 0.367 e. The van der Waals surface area contributed by atoms with Gasteiger partial charge in [-0.2, -0.15) is 0 Å². The van der Waals surface area contributed by atoms with E-state index in [2.05, 4.69) is 16.4 Å². The number of fused-ring (bicyclic) bond motifs is 1. The molecule has 1 aliphatic heterocycles. The molecule has 3 rings (SSSR count). The quantitative estimate of drug-likeness (QED) is 0.882. The van der Waals surface area contributed by atoms with E-state index in [-0.39, 0.29) is 6.04 Å². The maximum absolute atomic E-state index is 11.4. The Labute approximate surface area is 108 Å². The van der Waals surface area contributed by atoms with Crippen molar-refractivity contribution >= 4 is 15.7 Å². The van der Waals surface area contributed by atoms with E-state index in [1.165, 1.54) is 17.7 Å². The molecule has 18 heavy (non-hydrogen) atoms. The van der Waals surface area contributed by atoms with Gasteiger partial charge in [-0.1, -0.05) is 6.07 Å². The topological polar surface area (TPSA) is 59.1 Å². The molecule has 4 nitrogen and oxygen atoms in total. The van der Waals surface area contributed by atoms with Crippen molar-refractivity contribution in [2.75, 3.05) is 16.8 Å². The molecule has 0 aromatic carbocycles. The zero-order valence-electron chi connectivity index (χ0n) is 10.4. The van der Waals surface area contributed by atoms with E-state index in [4.69, 9.17) is 0 Å². The lowest BCUT2D eigenvalue weighted by molar-refractivity contribution is 0.559. The van der Waals surface area contributed by atoms with Gasteiger partial charge in [0.05, 0.1) is 11.5 Å². The molecule has 98 valence electrons. The normalized spacial score (nSPS) is 22.7. The predicted octanol–water partition coefficient (Wildman–Crippen LogP) is 1.56. The number of pyridine rings is 1. The van der Waals surface area contributed by atoms with Crippen LogP contribution < -0.4 is 5.32 Å². The van der Waals surface area contributed by atoms with Gasteiger partial charge in [0.2, 0.25) is 0 Å². The number of hydrogen-bond acceptors (Lipinski definition) is 4. The van der Waals surface area contributed by atoms with E-state index >= 15 is 0 Å². The summed E-state index contributed by atoms with van der Waals surface area (Å²) < 4.78 is 22.7. The molecular weight excluding hydrogens is 248 g/mol. The van der Waals surface area contributed by atoms with E-state index in [0.29, 0.717) is 24.3 Å². The van der Waals surface area contributed by atoms with Crippen LogP contribution in [0.3, 0.4) is 0 Å². The van der Waals surface area contributed by atoms with Crippen LogP contribution >= 0.6 is 0 Å². The summed E-state index contributed by atoms with van der Waals surface area (Å²) in [6.07, 6.45) is 4.81. The summed E-state index contributed by atoms with van der Waals surface area (Å²) in [4.78, 5) is 4.62. The highest BCUT2D eigenvalue weighted by Gasteiger charge is 2.24. The molecule has 0 saturated carbocycles. The number of rotatable bonds is 2. The smallest absolute Gasteiger partial charge is 0.150 e. The number of nitrogens with zero attached hydrogens (tertiary/aromatic N) is 1. The molecule has 0 spiro atoms. The predicted molar refractivity (Wildman–Crippen MR) is 71.6 cm³/mol. The number of hydrogen-bond donors (Lipinski definition) is 1. The molecule has 1 saturated heterocycles. The zero-order chi connectivity index (χ0) is 12.6. The summed E-state index contributed by atoms with van der Waals surface area (Å²) in [6, 6.07) is 4.42. The van der Waals surface area contributed by atoms with Crippen LogP contribution in [0.5, 0.6) is 0 Å². The third-order valence-electron chi connectivity index (χ3n) is 3.83. The average Bonchev–Trinajstić information content (AvgIpc) is 2.79. The molecule has 2 aliphatic rings. The highest BCUT2D eigenvalue weighted by atomic mass is 32.2. The van der Waals surface area contributed by atoms with Crippen molar-refractivity contribution in [3.63, 3.8) is 0 Å². The van der Waals surface area contributed by atoms with Gasteiger partial charge in [0.15, 0.2) is 0 Å². The molecule has 1 fully saturated rings. The van der Waals surface area contributed by atoms with Crippen LogP contribution in [0.4, 0.5) is 5.82 Å². The number of aromatic nitrogens is 1. The van der Waals surface area contributed by atoms with Crippen LogP contribution in [0.15, 0.2) is 12.1 Å². The van der Waals surface area contributed by atoms with Crippen LogP contribution in [-0.2, 0) is 22.7 Å². The average molecular weight is 266 g/mol. The van der Waals surface area contributed by atoms with Crippen LogP contribution in [-0.4, -0.2) is 30.9 Å². The van der Waals surface area contributed by atoms with Crippen LogP contribution in [0.25, 0.3) is 0 Å². The van der Waals surface area contributed by atoms with Gasteiger partial charge in [-0.15, -0.1) is 0 Å². The lowest BCUT2D eigenvalue weighted by Gasteiger charge is -2.23. The van der Waals surface area contributed by atoms with Gasteiger partial charge in [0.1, 0.15) is 15.7 Å². The minimum atomic E-state index is -2.78. The minimum Gasteiger partial charge on any atom is -0.367 e. The summed E-state index contributed by atoms with van der Waals surface area (Å²) in [5, 5.41) is 3.37. The van der Waals surface area contributed by atoms with Crippen molar-refractivity contribution in [3.8, 4) is 0 Å². The minimum absolute atomic E-state index is 0.250. The molecule has 0 amide bonds. The number of sulfone groups is 1. The first-order valence-electron chi connectivity index (χ1n) is 6.58. The molecule has 0 atom stereocenters. The number of nitrogens with one attached hydrogen (secondary N) is 1. The third kappa shape index (κ3) is 2.51. The summed E-state index contributed by atoms with van der Waals surface area (Å²) in [6.45, 7) is 0. The first kappa shape index (κ1) is 12.0. The maximum atomic E-state index is 11.4. The van der Waals surface area contributed by atoms with Crippen LogP contribution in [0.2, 0.25) is 0 Å². The van der Waals surface area contributed by atoms with Gasteiger partial charge >= 0.3 is 0 Å².